The quantitative estimate of drug-likeness (QED) is 0.676. The summed E-state index contributed by atoms with van der Waals surface area (Å²) in [6.45, 7) is 0.918. The molecule has 0 saturated carbocycles. The van der Waals surface area contributed by atoms with Gasteiger partial charge in [0.25, 0.3) is 6.43 Å². The Morgan fingerprint density at radius 1 is 1.67 bits per heavy atom. The molecule has 12 heavy (non-hydrogen) atoms. The van der Waals surface area contributed by atoms with Crippen LogP contribution in [0.2, 0.25) is 0 Å². The van der Waals surface area contributed by atoms with Gasteiger partial charge in [0, 0.05) is 0 Å². The van der Waals surface area contributed by atoms with Crippen molar-refractivity contribution in [1.29, 1.82) is 5.26 Å². The summed E-state index contributed by atoms with van der Waals surface area (Å²) in [7, 11) is 1.58. The number of nitrogens with zero attached hydrogens (tertiary/aromatic N) is 1. The predicted molar refractivity (Wildman–Crippen MR) is 39.9 cm³/mol. The molecule has 5 heteroatoms. The van der Waals surface area contributed by atoms with Crippen molar-refractivity contribution in [3.63, 3.8) is 0 Å². The van der Waals surface area contributed by atoms with Crippen LogP contribution in [0.25, 0.3) is 0 Å². The normalized spacial score (nSPS) is 15.7. The van der Waals surface area contributed by atoms with E-state index in [0.29, 0.717) is 0 Å². The van der Waals surface area contributed by atoms with Crippen molar-refractivity contribution >= 4 is 0 Å². The van der Waals surface area contributed by atoms with E-state index < -0.39 is 18.6 Å². The summed E-state index contributed by atoms with van der Waals surface area (Å²) in [6, 6.07) is 1.92. The van der Waals surface area contributed by atoms with Gasteiger partial charge < -0.3 is 10.1 Å². The molecule has 0 radical (unpaired) electrons. The Balaban J connectivity index is 3.68. The molecule has 1 unspecified atom stereocenters. The molecule has 0 bridgehead atoms. The lowest BCUT2D eigenvalue weighted by Gasteiger charge is -2.19. The van der Waals surface area contributed by atoms with Gasteiger partial charge in [-0.25, -0.2) is 8.78 Å². The van der Waals surface area contributed by atoms with E-state index in [4.69, 9.17) is 5.26 Å². The molecule has 1 N–H and O–H groups in total. The maximum atomic E-state index is 11.6. The van der Waals surface area contributed by atoms with Crippen LogP contribution in [-0.2, 0) is 4.74 Å². The van der Waals surface area contributed by atoms with Gasteiger partial charge in [-0.05, 0) is 14.0 Å². The van der Waals surface area contributed by atoms with E-state index in [-0.39, 0.29) is 6.61 Å². The molecule has 0 spiro atoms. The Morgan fingerprint density at radius 2 is 2.25 bits per heavy atom. The zero-order valence-electron chi connectivity index (χ0n) is 7.10. The Bertz CT molecular complexity index is 169. The van der Waals surface area contributed by atoms with Crippen LogP contribution < -0.4 is 5.32 Å². The van der Waals surface area contributed by atoms with Crippen molar-refractivity contribution < 1.29 is 13.5 Å². The van der Waals surface area contributed by atoms with Crippen LogP contribution >= 0.6 is 0 Å². The third-order valence-electron chi connectivity index (χ3n) is 1.43. The van der Waals surface area contributed by atoms with Crippen molar-refractivity contribution in [3.05, 3.63) is 0 Å². The molecule has 0 aliphatic carbocycles. The highest BCUT2D eigenvalue weighted by molar-refractivity contribution is 5.02. The maximum Gasteiger partial charge on any atom is 0.261 e. The van der Waals surface area contributed by atoms with Gasteiger partial charge >= 0.3 is 0 Å². The smallest absolute Gasteiger partial charge is 0.261 e. The van der Waals surface area contributed by atoms with Gasteiger partial charge in [-0.1, -0.05) is 0 Å². The van der Waals surface area contributed by atoms with Crippen LogP contribution in [0.5, 0.6) is 0 Å². The van der Waals surface area contributed by atoms with Crippen LogP contribution in [0, 0.1) is 11.3 Å². The zero-order chi connectivity index (χ0) is 9.61. The van der Waals surface area contributed by atoms with Crippen LogP contribution in [0.4, 0.5) is 8.78 Å². The first-order chi connectivity index (χ1) is 5.54. The SMILES string of the molecule is CNC(C)(C#N)COCC(F)F. The van der Waals surface area contributed by atoms with Crippen LogP contribution in [-0.4, -0.2) is 32.2 Å². The molecule has 0 aromatic carbocycles. The van der Waals surface area contributed by atoms with Gasteiger partial charge in [-0.3, -0.25) is 0 Å². The molecular weight excluding hydrogens is 166 g/mol. The molecule has 0 aromatic rings. The minimum atomic E-state index is -2.48. The summed E-state index contributed by atoms with van der Waals surface area (Å²) < 4.78 is 27.8. The summed E-state index contributed by atoms with van der Waals surface area (Å²) in [4.78, 5) is 0. The molecule has 3 nitrogen and oxygen atoms in total. The highest BCUT2D eigenvalue weighted by Gasteiger charge is 2.21. The minimum Gasteiger partial charge on any atom is -0.373 e. The number of rotatable bonds is 5. The lowest BCUT2D eigenvalue weighted by molar-refractivity contribution is 0.00396. The molecule has 0 aliphatic rings. The highest BCUT2D eigenvalue weighted by atomic mass is 19.3. The maximum absolute atomic E-state index is 11.6. The van der Waals surface area contributed by atoms with Crippen molar-refractivity contribution in [2.24, 2.45) is 0 Å². The van der Waals surface area contributed by atoms with Crippen molar-refractivity contribution in [1.82, 2.24) is 5.32 Å². The van der Waals surface area contributed by atoms with Crippen LogP contribution in [0.1, 0.15) is 6.92 Å². The van der Waals surface area contributed by atoms with Crippen LogP contribution in [0.15, 0.2) is 0 Å². The topological polar surface area (TPSA) is 45.0 Å². The Hall–Kier alpha value is -0.730. The number of nitriles is 1. The van der Waals surface area contributed by atoms with E-state index >= 15 is 0 Å². The second-order valence-electron chi connectivity index (χ2n) is 2.60. The molecule has 0 aromatic heterocycles. The van der Waals surface area contributed by atoms with E-state index in [2.05, 4.69) is 10.1 Å². The van der Waals surface area contributed by atoms with E-state index in [1.165, 1.54) is 0 Å². The first-order valence-corrected chi connectivity index (χ1v) is 3.50. The zero-order valence-corrected chi connectivity index (χ0v) is 7.10. The molecule has 70 valence electrons. The van der Waals surface area contributed by atoms with E-state index in [9.17, 15) is 8.78 Å². The molecule has 0 fully saturated rings. The van der Waals surface area contributed by atoms with E-state index in [1.54, 1.807) is 14.0 Å². The third kappa shape index (κ3) is 4.21. The van der Waals surface area contributed by atoms with Gasteiger partial charge in [0.2, 0.25) is 0 Å². The third-order valence-corrected chi connectivity index (χ3v) is 1.43. The van der Waals surface area contributed by atoms with Crippen molar-refractivity contribution in [2.45, 2.75) is 18.9 Å². The molecule has 0 heterocycles. The second-order valence-corrected chi connectivity index (χ2v) is 2.60. The lowest BCUT2D eigenvalue weighted by atomic mass is 10.1. The van der Waals surface area contributed by atoms with Crippen LogP contribution in [0.3, 0.4) is 0 Å². The minimum absolute atomic E-state index is 0.0374. The number of hydrogen-bond donors (Lipinski definition) is 1. The number of likely N-dealkylation sites (N-methyl/N-ethyl adjacent to an activating group) is 1. The molecular formula is C7H12F2N2O. The van der Waals surface area contributed by atoms with Gasteiger partial charge in [0.15, 0.2) is 0 Å². The van der Waals surface area contributed by atoms with E-state index in [0.717, 1.165) is 0 Å². The Kier molecular flexibility index (Phi) is 4.71. The predicted octanol–water partition coefficient (Wildman–Crippen LogP) is 0.770. The number of ether oxygens (including phenoxy) is 1. The average Bonchev–Trinajstić information content (AvgIpc) is 2.03. The fourth-order valence-electron chi connectivity index (χ4n) is 0.512. The number of nitrogens with one attached hydrogen (secondary N) is 1. The molecule has 0 saturated heterocycles. The first kappa shape index (κ1) is 11.3. The molecule has 0 amide bonds. The lowest BCUT2D eigenvalue weighted by Crippen LogP contribution is -2.43. The summed E-state index contributed by atoms with van der Waals surface area (Å²) in [5.74, 6) is 0. The Labute approximate surface area is 70.3 Å². The summed E-state index contributed by atoms with van der Waals surface area (Å²) in [6.07, 6.45) is -2.48. The number of alkyl halides is 2. The first-order valence-electron chi connectivity index (χ1n) is 3.50. The fraction of sp³-hybridized carbons (Fsp3) is 0.857. The second kappa shape index (κ2) is 5.01. The van der Waals surface area contributed by atoms with Crippen molar-refractivity contribution in [3.8, 4) is 6.07 Å². The van der Waals surface area contributed by atoms with E-state index in [1.807, 2.05) is 6.07 Å². The summed E-state index contributed by atoms with van der Waals surface area (Å²) in [5, 5.41) is 11.2. The standard InChI is InChI=1S/C7H12F2N2O/c1-7(4-10,11-2)5-12-3-6(8)9/h6,11H,3,5H2,1-2H3. The van der Waals surface area contributed by atoms with Crippen molar-refractivity contribution in [2.75, 3.05) is 20.3 Å². The van der Waals surface area contributed by atoms with Gasteiger partial charge in [0.1, 0.15) is 12.1 Å². The fourth-order valence-corrected chi connectivity index (χ4v) is 0.512. The summed E-state index contributed by atoms with van der Waals surface area (Å²) in [5.41, 5.74) is -0.880. The van der Waals surface area contributed by atoms with Gasteiger partial charge in [-0.2, -0.15) is 5.26 Å². The average molecular weight is 178 g/mol. The number of hydrogen-bond acceptors (Lipinski definition) is 3. The summed E-state index contributed by atoms with van der Waals surface area (Å²) >= 11 is 0. The molecule has 0 aliphatic heterocycles. The van der Waals surface area contributed by atoms with Gasteiger partial charge in [0.05, 0.1) is 12.7 Å². The largest absolute Gasteiger partial charge is 0.373 e. The monoisotopic (exact) mass is 178 g/mol. The Morgan fingerprint density at radius 3 is 2.58 bits per heavy atom. The molecule has 0 rings (SSSR count). The number of halogens is 2. The molecule has 1 atom stereocenters. The van der Waals surface area contributed by atoms with Gasteiger partial charge in [-0.15, -0.1) is 0 Å². The highest BCUT2D eigenvalue weighted by Crippen LogP contribution is 2.02.